The van der Waals surface area contributed by atoms with E-state index in [2.05, 4.69) is 21.3 Å². The van der Waals surface area contributed by atoms with Crippen LogP contribution in [0.3, 0.4) is 0 Å². The van der Waals surface area contributed by atoms with E-state index in [0.29, 0.717) is 16.7 Å². The Labute approximate surface area is 222 Å². The highest BCUT2D eigenvalue weighted by atomic mass is 16.6. The van der Waals surface area contributed by atoms with Crippen LogP contribution in [0.1, 0.15) is 43.5 Å². The number of carbonyl (C=O) groups excluding carboxylic acids is 4. The third-order valence-corrected chi connectivity index (χ3v) is 5.38. The summed E-state index contributed by atoms with van der Waals surface area (Å²) in [7, 11) is 2.61. The van der Waals surface area contributed by atoms with Crippen LogP contribution in [0.15, 0.2) is 48.5 Å². The molecule has 0 aliphatic carbocycles. The number of methoxy groups -OCH3 is 1. The van der Waals surface area contributed by atoms with Gasteiger partial charge >= 0.3 is 12.1 Å². The summed E-state index contributed by atoms with van der Waals surface area (Å²) in [6.45, 7) is 4.68. The van der Waals surface area contributed by atoms with Crippen molar-refractivity contribution in [1.82, 2.24) is 15.5 Å². The fourth-order valence-electron chi connectivity index (χ4n) is 3.53. The van der Waals surface area contributed by atoms with Gasteiger partial charge in [-0.25, -0.2) is 4.79 Å². The topological polar surface area (TPSA) is 134 Å². The molecule has 0 fully saturated rings. The van der Waals surface area contributed by atoms with Gasteiger partial charge in [-0.05, 0) is 56.2 Å². The van der Waals surface area contributed by atoms with Crippen LogP contribution in [0.25, 0.3) is 0 Å². The number of nitrogens with one attached hydrogen (secondary N) is 2. The Balaban J connectivity index is 2.41. The fraction of sp³-hybridized carbons (Fsp3) is 0.357. The molecule has 2 aromatic rings. The van der Waals surface area contributed by atoms with E-state index in [9.17, 15) is 24.3 Å². The van der Waals surface area contributed by atoms with Crippen LogP contribution in [0.2, 0.25) is 0 Å². The molecule has 3 N–H and O–H groups in total. The second-order valence-electron chi connectivity index (χ2n) is 9.48. The van der Waals surface area contributed by atoms with Crippen molar-refractivity contribution in [1.29, 1.82) is 0 Å². The zero-order valence-corrected chi connectivity index (χ0v) is 22.1. The van der Waals surface area contributed by atoms with E-state index in [1.165, 1.54) is 31.2 Å². The van der Waals surface area contributed by atoms with Gasteiger partial charge in [-0.3, -0.25) is 14.4 Å². The largest absolute Gasteiger partial charge is 0.508 e. The normalized spacial score (nSPS) is 12.3. The average Bonchev–Trinajstić information content (AvgIpc) is 2.87. The number of esters is 1. The molecule has 0 bridgehead atoms. The van der Waals surface area contributed by atoms with Crippen LogP contribution in [0, 0.1) is 12.3 Å². The maximum Gasteiger partial charge on any atom is 0.408 e. The minimum Gasteiger partial charge on any atom is -0.508 e. The number of terminal acetylenes is 1. The summed E-state index contributed by atoms with van der Waals surface area (Å²) in [4.78, 5) is 52.4. The molecule has 10 heteroatoms. The first-order valence-electron chi connectivity index (χ1n) is 11.8. The first-order valence-corrected chi connectivity index (χ1v) is 11.8. The van der Waals surface area contributed by atoms with Crippen LogP contribution < -0.4 is 10.6 Å². The number of ether oxygens (including phenoxy) is 2. The number of amides is 3. The molecule has 38 heavy (non-hydrogen) atoms. The molecule has 0 heterocycles. The van der Waals surface area contributed by atoms with Crippen molar-refractivity contribution in [2.75, 3.05) is 20.7 Å². The number of likely N-dealkylation sites (N-methyl/N-ethyl adjacent to an activating group) is 1. The van der Waals surface area contributed by atoms with Crippen molar-refractivity contribution in [2.45, 2.75) is 44.9 Å². The number of hydrogen-bond acceptors (Lipinski definition) is 7. The van der Waals surface area contributed by atoms with Crippen molar-refractivity contribution in [3.8, 4) is 18.1 Å². The lowest BCUT2D eigenvalue weighted by molar-refractivity contribution is -0.143. The van der Waals surface area contributed by atoms with Gasteiger partial charge in [0.2, 0.25) is 11.8 Å². The second kappa shape index (κ2) is 13.1. The van der Waals surface area contributed by atoms with E-state index in [1.54, 1.807) is 57.2 Å². The highest BCUT2D eigenvalue weighted by Gasteiger charge is 2.34. The van der Waals surface area contributed by atoms with Crippen LogP contribution in [0.5, 0.6) is 5.75 Å². The van der Waals surface area contributed by atoms with E-state index in [4.69, 9.17) is 11.2 Å². The Bertz CT molecular complexity index is 1180. The molecule has 2 atom stereocenters. The summed E-state index contributed by atoms with van der Waals surface area (Å²) in [6, 6.07) is 10.3. The Morgan fingerprint density at radius 1 is 1.05 bits per heavy atom. The van der Waals surface area contributed by atoms with Gasteiger partial charge in [-0.1, -0.05) is 30.2 Å². The summed E-state index contributed by atoms with van der Waals surface area (Å²) in [5.41, 5.74) is 0.851. The zero-order valence-electron chi connectivity index (χ0n) is 22.1. The first kappa shape index (κ1) is 29.7. The fourth-order valence-corrected chi connectivity index (χ4v) is 3.53. The highest BCUT2D eigenvalue weighted by molar-refractivity contribution is 5.93. The summed E-state index contributed by atoms with van der Waals surface area (Å²) >= 11 is 0. The zero-order chi connectivity index (χ0) is 28.5. The summed E-state index contributed by atoms with van der Waals surface area (Å²) in [5.74, 6) is 0.644. The van der Waals surface area contributed by atoms with Gasteiger partial charge in [0, 0.05) is 19.0 Å². The minimum absolute atomic E-state index is 0.0478. The van der Waals surface area contributed by atoms with E-state index in [1.807, 2.05) is 0 Å². The number of aromatic hydroxyl groups is 1. The molecule has 0 aromatic heterocycles. The van der Waals surface area contributed by atoms with Gasteiger partial charge in [0.1, 0.15) is 30.0 Å². The first-order chi connectivity index (χ1) is 17.8. The smallest absolute Gasteiger partial charge is 0.408 e. The lowest BCUT2D eigenvalue weighted by Crippen LogP contribution is -2.52. The van der Waals surface area contributed by atoms with Crippen LogP contribution in [-0.2, 0) is 30.3 Å². The molecule has 202 valence electrons. The summed E-state index contributed by atoms with van der Waals surface area (Å²) < 4.78 is 9.93. The molecule has 0 spiro atoms. The molecule has 2 aromatic carbocycles. The Hall–Kier alpha value is -4.52. The van der Waals surface area contributed by atoms with Crippen molar-refractivity contribution >= 4 is 23.9 Å². The number of phenolic OH excluding ortho intramolecular Hbond substituents is 1. The standard InChI is InChI=1S/C28H33N3O7/c1-7-18-8-12-20(13-9-18)24(25(34)29-17-23(33)37-6)31(5)26(35)22(30-27(36)38-28(2,3)4)16-19-10-14-21(32)15-11-19/h1,8-15,22,24,32H,16-17H2,2-6H3,(H,29,34)(H,30,36). The Morgan fingerprint density at radius 2 is 1.66 bits per heavy atom. The second-order valence-corrected chi connectivity index (χ2v) is 9.48. The SMILES string of the molecule is C#Cc1ccc(C(C(=O)NCC(=O)OC)N(C)C(=O)C(Cc2ccc(O)cc2)NC(=O)OC(C)(C)C)cc1. The third-order valence-electron chi connectivity index (χ3n) is 5.38. The lowest BCUT2D eigenvalue weighted by atomic mass is 10.00. The third kappa shape index (κ3) is 8.85. The predicted octanol–water partition coefficient (Wildman–Crippen LogP) is 2.30. The monoisotopic (exact) mass is 523 g/mol. The summed E-state index contributed by atoms with van der Waals surface area (Å²) in [5, 5.41) is 14.7. The molecule has 0 radical (unpaired) electrons. The number of hydrogen-bond donors (Lipinski definition) is 3. The maximum atomic E-state index is 13.8. The van der Waals surface area contributed by atoms with Gasteiger partial charge in [0.05, 0.1) is 7.11 Å². The highest BCUT2D eigenvalue weighted by Crippen LogP contribution is 2.23. The van der Waals surface area contributed by atoms with Crippen molar-refractivity contribution < 1.29 is 33.8 Å². The van der Waals surface area contributed by atoms with Gasteiger partial charge in [-0.2, -0.15) is 0 Å². The molecule has 10 nitrogen and oxygen atoms in total. The number of carbonyl (C=O) groups is 4. The van der Waals surface area contributed by atoms with Crippen LogP contribution in [-0.4, -0.2) is 66.2 Å². The minimum atomic E-state index is -1.17. The summed E-state index contributed by atoms with van der Waals surface area (Å²) in [6.07, 6.45) is 4.68. The van der Waals surface area contributed by atoms with Crippen molar-refractivity contribution in [3.63, 3.8) is 0 Å². The molecular weight excluding hydrogens is 490 g/mol. The molecule has 3 amide bonds. The molecular formula is C28H33N3O7. The molecule has 2 unspecified atom stereocenters. The van der Waals surface area contributed by atoms with E-state index in [-0.39, 0.29) is 12.2 Å². The number of benzene rings is 2. The van der Waals surface area contributed by atoms with Crippen LogP contribution >= 0.6 is 0 Å². The number of nitrogens with zero attached hydrogens (tertiary/aromatic N) is 1. The van der Waals surface area contributed by atoms with Gasteiger partial charge in [0.25, 0.3) is 0 Å². The Morgan fingerprint density at radius 3 is 2.18 bits per heavy atom. The maximum absolute atomic E-state index is 13.8. The lowest BCUT2D eigenvalue weighted by Gasteiger charge is -2.31. The van der Waals surface area contributed by atoms with Gasteiger partial charge in [0.15, 0.2) is 0 Å². The molecule has 0 aliphatic rings. The number of alkyl carbamates (subject to hydrolysis) is 1. The van der Waals surface area contributed by atoms with Crippen LogP contribution in [0.4, 0.5) is 4.79 Å². The van der Waals surface area contributed by atoms with Crippen molar-refractivity contribution in [3.05, 3.63) is 65.2 Å². The number of rotatable bonds is 9. The molecule has 0 saturated carbocycles. The number of phenols is 1. The van der Waals surface area contributed by atoms with Crippen molar-refractivity contribution in [2.24, 2.45) is 0 Å². The van der Waals surface area contributed by atoms with E-state index < -0.39 is 48.1 Å². The van der Waals surface area contributed by atoms with Gasteiger partial charge < -0.3 is 30.1 Å². The average molecular weight is 524 g/mol. The molecule has 0 saturated heterocycles. The predicted molar refractivity (Wildman–Crippen MR) is 140 cm³/mol. The quantitative estimate of drug-likeness (QED) is 0.339. The van der Waals surface area contributed by atoms with Gasteiger partial charge in [-0.15, -0.1) is 6.42 Å². The van der Waals surface area contributed by atoms with E-state index >= 15 is 0 Å². The molecule has 0 aliphatic heterocycles. The molecule has 2 rings (SSSR count). The Kier molecular flexibility index (Phi) is 10.3. The van der Waals surface area contributed by atoms with E-state index in [0.717, 1.165) is 0 Å².